The number of methoxy groups -OCH3 is 1. The average Bonchev–Trinajstić information content (AvgIpc) is 2.51. The Morgan fingerprint density at radius 1 is 1.43 bits per heavy atom. The van der Waals surface area contributed by atoms with Crippen molar-refractivity contribution >= 4 is 6.08 Å². The first-order chi connectivity index (χ1) is 10.1. The molecule has 0 aliphatic rings. The Kier molecular flexibility index (Phi) is 6.89. The van der Waals surface area contributed by atoms with Crippen molar-refractivity contribution in [3.8, 4) is 5.75 Å². The van der Waals surface area contributed by atoms with Crippen LogP contribution in [0.1, 0.15) is 37.8 Å². The number of rotatable bonds is 9. The molecular weight excluding hydrogens is 266 g/mol. The molecule has 1 aromatic carbocycles. The molecule has 0 spiro atoms. The zero-order valence-electron chi connectivity index (χ0n) is 13.2. The van der Waals surface area contributed by atoms with Gasteiger partial charge in [0.2, 0.25) is 0 Å². The van der Waals surface area contributed by atoms with Gasteiger partial charge in [-0.1, -0.05) is 39.0 Å². The molecule has 0 aromatic heterocycles. The van der Waals surface area contributed by atoms with Crippen molar-refractivity contribution in [1.29, 1.82) is 0 Å². The third-order valence-corrected chi connectivity index (χ3v) is 3.79. The highest BCUT2D eigenvalue weighted by Crippen LogP contribution is 2.33. The number of benzene rings is 1. The standard InChI is InChI=1S/C17H27NO3/c1-5-10-17(20,16(12-19)18-7-3)14-8-9-15(21-4)13(6-2)11-14/h6,8-9,11,16,18-20H,2,5,7,10,12H2,1,3-4H3. The van der Waals surface area contributed by atoms with Crippen LogP contribution < -0.4 is 10.1 Å². The van der Waals surface area contributed by atoms with Crippen molar-refractivity contribution in [2.75, 3.05) is 20.3 Å². The van der Waals surface area contributed by atoms with Gasteiger partial charge in [-0.2, -0.15) is 0 Å². The second kappa shape index (κ2) is 8.17. The van der Waals surface area contributed by atoms with E-state index in [1.165, 1.54) is 0 Å². The molecule has 21 heavy (non-hydrogen) atoms. The van der Waals surface area contributed by atoms with E-state index in [1.54, 1.807) is 13.2 Å². The number of likely N-dealkylation sites (N-methyl/N-ethyl adjacent to an activating group) is 1. The maximum Gasteiger partial charge on any atom is 0.126 e. The number of hydrogen-bond acceptors (Lipinski definition) is 4. The largest absolute Gasteiger partial charge is 0.496 e. The van der Waals surface area contributed by atoms with E-state index in [1.807, 2.05) is 32.0 Å². The number of aliphatic hydroxyl groups is 2. The zero-order chi connectivity index (χ0) is 15.9. The molecular formula is C17H27NO3. The minimum absolute atomic E-state index is 0.125. The Bertz CT molecular complexity index is 461. The van der Waals surface area contributed by atoms with Crippen molar-refractivity contribution in [3.63, 3.8) is 0 Å². The molecule has 0 amide bonds. The van der Waals surface area contributed by atoms with Gasteiger partial charge >= 0.3 is 0 Å². The summed E-state index contributed by atoms with van der Waals surface area (Å²) < 4.78 is 5.28. The fraction of sp³-hybridized carbons (Fsp3) is 0.529. The van der Waals surface area contributed by atoms with E-state index in [4.69, 9.17) is 4.74 Å². The second-order valence-electron chi connectivity index (χ2n) is 5.13. The smallest absolute Gasteiger partial charge is 0.126 e. The highest BCUT2D eigenvalue weighted by molar-refractivity contribution is 5.57. The summed E-state index contributed by atoms with van der Waals surface area (Å²) in [4.78, 5) is 0. The molecule has 4 heteroatoms. The van der Waals surface area contributed by atoms with Crippen LogP contribution in [0.5, 0.6) is 5.75 Å². The van der Waals surface area contributed by atoms with Crippen LogP contribution in [-0.2, 0) is 5.60 Å². The maximum atomic E-state index is 11.2. The van der Waals surface area contributed by atoms with Crippen LogP contribution in [-0.4, -0.2) is 36.5 Å². The summed E-state index contributed by atoms with van der Waals surface area (Å²) in [6, 6.07) is 5.14. The predicted octanol–water partition coefficient (Wildman–Crippen LogP) is 2.30. The normalized spacial score (nSPS) is 15.3. The molecule has 0 bridgehead atoms. The quantitative estimate of drug-likeness (QED) is 0.654. The summed E-state index contributed by atoms with van der Waals surface area (Å²) in [7, 11) is 1.61. The summed E-state index contributed by atoms with van der Waals surface area (Å²) in [5.74, 6) is 0.719. The highest BCUT2D eigenvalue weighted by atomic mass is 16.5. The van der Waals surface area contributed by atoms with Crippen molar-refractivity contribution in [1.82, 2.24) is 5.32 Å². The summed E-state index contributed by atoms with van der Waals surface area (Å²) in [5.41, 5.74) is 0.474. The van der Waals surface area contributed by atoms with Gasteiger partial charge < -0.3 is 20.3 Å². The first-order valence-corrected chi connectivity index (χ1v) is 7.44. The lowest BCUT2D eigenvalue weighted by Crippen LogP contribution is -2.51. The Morgan fingerprint density at radius 3 is 2.62 bits per heavy atom. The third-order valence-electron chi connectivity index (χ3n) is 3.79. The Balaban J connectivity index is 3.29. The van der Waals surface area contributed by atoms with E-state index in [0.29, 0.717) is 13.0 Å². The Labute approximate surface area is 127 Å². The zero-order valence-corrected chi connectivity index (χ0v) is 13.2. The van der Waals surface area contributed by atoms with Gasteiger partial charge in [0.15, 0.2) is 0 Å². The van der Waals surface area contributed by atoms with E-state index >= 15 is 0 Å². The van der Waals surface area contributed by atoms with Gasteiger partial charge in [0.25, 0.3) is 0 Å². The Hall–Kier alpha value is -1.36. The molecule has 0 saturated heterocycles. The van der Waals surface area contributed by atoms with Crippen LogP contribution in [0.2, 0.25) is 0 Å². The number of aliphatic hydroxyl groups excluding tert-OH is 1. The third kappa shape index (κ3) is 3.84. The maximum absolute atomic E-state index is 11.2. The molecule has 0 heterocycles. The van der Waals surface area contributed by atoms with Crippen LogP contribution in [0.3, 0.4) is 0 Å². The second-order valence-corrected chi connectivity index (χ2v) is 5.13. The summed E-state index contributed by atoms with van der Waals surface area (Å²) >= 11 is 0. The molecule has 1 aromatic rings. The van der Waals surface area contributed by atoms with Gasteiger partial charge in [0.05, 0.1) is 19.8 Å². The highest BCUT2D eigenvalue weighted by Gasteiger charge is 2.37. The monoisotopic (exact) mass is 293 g/mol. The molecule has 0 saturated carbocycles. The average molecular weight is 293 g/mol. The molecule has 118 valence electrons. The summed E-state index contributed by atoms with van der Waals surface area (Å²) in [6.45, 7) is 8.31. The van der Waals surface area contributed by atoms with Gasteiger partial charge in [-0.05, 0) is 30.7 Å². The lowest BCUT2D eigenvalue weighted by molar-refractivity contribution is -0.0296. The van der Waals surface area contributed by atoms with Gasteiger partial charge in [-0.3, -0.25) is 0 Å². The summed E-state index contributed by atoms with van der Waals surface area (Å²) in [6.07, 6.45) is 3.08. The molecule has 2 unspecified atom stereocenters. The van der Waals surface area contributed by atoms with Gasteiger partial charge in [0.1, 0.15) is 11.4 Å². The van der Waals surface area contributed by atoms with Crippen molar-refractivity contribution in [2.45, 2.75) is 38.3 Å². The van der Waals surface area contributed by atoms with E-state index in [2.05, 4.69) is 11.9 Å². The first kappa shape index (κ1) is 17.7. The SMILES string of the molecule is C=Cc1cc(C(O)(CCC)C(CO)NCC)ccc1OC. The van der Waals surface area contributed by atoms with Gasteiger partial charge in [-0.15, -0.1) is 0 Å². The minimum atomic E-state index is -1.12. The molecule has 0 fully saturated rings. The van der Waals surface area contributed by atoms with Crippen molar-refractivity contribution in [3.05, 3.63) is 35.9 Å². The minimum Gasteiger partial charge on any atom is -0.496 e. The van der Waals surface area contributed by atoms with E-state index in [-0.39, 0.29) is 6.61 Å². The molecule has 0 aliphatic heterocycles. The fourth-order valence-corrected chi connectivity index (χ4v) is 2.69. The topological polar surface area (TPSA) is 61.7 Å². The van der Waals surface area contributed by atoms with Crippen LogP contribution in [0, 0.1) is 0 Å². The van der Waals surface area contributed by atoms with Gasteiger partial charge in [-0.25, -0.2) is 0 Å². The van der Waals surface area contributed by atoms with Crippen LogP contribution in [0.4, 0.5) is 0 Å². The molecule has 0 aliphatic carbocycles. The molecule has 4 nitrogen and oxygen atoms in total. The summed E-state index contributed by atoms with van der Waals surface area (Å²) in [5, 5.41) is 24.0. The fourth-order valence-electron chi connectivity index (χ4n) is 2.69. The van der Waals surface area contributed by atoms with Crippen molar-refractivity contribution in [2.24, 2.45) is 0 Å². The molecule has 3 N–H and O–H groups in total. The van der Waals surface area contributed by atoms with Gasteiger partial charge in [0, 0.05) is 5.56 Å². The van der Waals surface area contributed by atoms with Crippen molar-refractivity contribution < 1.29 is 14.9 Å². The lowest BCUT2D eigenvalue weighted by Gasteiger charge is -2.36. The molecule has 2 atom stereocenters. The van der Waals surface area contributed by atoms with Crippen LogP contribution >= 0.6 is 0 Å². The van der Waals surface area contributed by atoms with E-state index < -0.39 is 11.6 Å². The first-order valence-electron chi connectivity index (χ1n) is 7.44. The number of nitrogens with one attached hydrogen (secondary N) is 1. The number of ether oxygens (including phenoxy) is 1. The van der Waals surface area contributed by atoms with E-state index in [9.17, 15) is 10.2 Å². The molecule has 1 rings (SSSR count). The Morgan fingerprint density at radius 2 is 2.14 bits per heavy atom. The van der Waals surface area contributed by atoms with Crippen LogP contribution in [0.25, 0.3) is 6.08 Å². The predicted molar refractivity (Wildman–Crippen MR) is 86.4 cm³/mol. The lowest BCUT2D eigenvalue weighted by atomic mass is 9.82. The molecule has 0 radical (unpaired) electrons. The van der Waals surface area contributed by atoms with Crippen LogP contribution in [0.15, 0.2) is 24.8 Å². The number of hydrogen-bond donors (Lipinski definition) is 3. The van der Waals surface area contributed by atoms with E-state index in [0.717, 1.165) is 23.3 Å².